The summed E-state index contributed by atoms with van der Waals surface area (Å²) in [6.45, 7) is 1.02. The topological polar surface area (TPSA) is 69.0 Å². The smallest absolute Gasteiger partial charge is 0.240 e. The summed E-state index contributed by atoms with van der Waals surface area (Å²) in [5.41, 5.74) is 2.72. The van der Waals surface area contributed by atoms with Gasteiger partial charge in [0.1, 0.15) is 24.7 Å². The van der Waals surface area contributed by atoms with Crippen LogP contribution in [-0.4, -0.2) is 27.0 Å². The van der Waals surface area contributed by atoms with Crippen molar-refractivity contribution in [2.45, 2.75) is 19.6 Å². The van der Waals surface area contributed by atoms with Gasteiger partial charge >= 0.3 is 0 Å². The van der Waals surface area contributed by atoms with Gasteiger partial charge in [0.25, 0.3) is 0 Å². The van der Waals surface area contributed by atoms with Gasteiger partial charge in [0, 0.05) is 24.9 Å². The van der Waals surface area contributed by atoms with E-state index in [1.807, 2.05) is 77.4 Å². The summed E-state index contributed by atoms with van der Waals surface area (Å²) in [5.74, 6) is 1.42. The summed E-state index contributed by atoms with van der Waals surface area (Å²) in [6.07, 6.45) is 2.45. The van der Waals surface area contributed by atoms with Crippen molar-refractivity contribution in [1.29, 1.82) is 0 Å². The summed E-state index contributed by atoms with van der Waals surface area (Å²) < 4.78 is 7.77. The molecule has 4 aromatic rings. The van der Waals surface area contributed by atoms with Crippen LogP contribution in [-0.2, 0) is 24.4 Å². The zero-order chi connectivity index (χ0) is 19.9. The van der Waals surface area contributed by atoms with Gasteiger partial charge < -0.3 is 14.6 Å². The highest BCUT2D eigenvalue weighted by atomic mass is 16.5. The second-order valence-electron chi connectivity index (χ2n) is 6.63. The standard InChI is InChI=1S/C23H22N4O2/c28-23(25-15-13-18-8-6-7-14-24-18)16-27-21-12-5-4-11-20(21)26-22(27)17-29-19-9-2-1-3-10-19/h1-12,14H,13,15-17H2,(H,25,28). The van der Waals surface area contributed by atoms with E-state index in [0.29, 0.717) is 19.6 Å². The molecule has 29 heavy (non-hydrogen) atoms. The van der Waals surface area contributed by atoms with Gasteiger partial charge in [0.05, 0.1) is 11.0 Å². The number of aromatic nitrogens is 3. The maximum Gasteiger partial charge on any atom is 0.240 e. The zero-order valence-electron chi connectivity index (χ0n) is 16.0. The number of ether oxygens (including phenoxy) is 1. The molecule has 0 bridgehead atoms. The Morgan fingerprint density at radius 3 is 2.59 bits per heavy atom. The molecule has 1 amide bonds. The van der Waals surface area contributed by atoms with Crippen LogP contribution in [0.2, 0.25) is 0 Å². The Morgan fingerprint density at radius 2 is 1.76 bits per heavy atom. The average molecular weight is 386 g/mol. The van der Waals surface area contributed by atoms with E-state index in [-0.39, 0.29) is 12.5 Å². The fourth-order valence-corrected chi connectivity index (χ4v) is 3.15. The number of hydrogen-bond donors (Lipinski definition) is 1. The van der Waals surface area contributed by atoms with Gasteiger partial charge in [-0.3, -0.25) is 9.78 Å². The number of carbonyl (C=O) groups excluding carboxylic acids is 1. The Kier molecular flexibility index (Phi) is 5.81. The van der Waals surface area contributed by atoms with Crippen LogP contribution in [0.1, 0.15) is 11.5 Å². The Labute approximate surface area is 169 Å². The van der Waals surface area contributed by atoms with Crippen molar-refractivity contribution in [3.8, 4) is 5.75 Å². The number of hydrogen-bond acceptors (Lipinski definition) is 4. The Morgan fingerprint density at radius 1 is 0.966 bits per heavy atom. The van der Waals surface area contributed by atoms with Crippen LogP contribution >= 0.6 is 0 Å². The third kappa shape index (κ3) is 4.79. The zero-order valence-corrected chi connectivity index (χ0v) is 16.0. The molecule has 0 aliphatic carbocycles. The number of imidazole rings is 1. The molecule has 1 N–H and O–H groups in total. The molecule has 6 nitrogen and oxygen atoms in total. The highest BCUT2D eigenvalue weighted by molar-refractivity contribution is 5.81. The molecule has 0 saturated heterocycles. The normalized spacial score (nSPS) is 10.8. The van der Waals surface area contributed by atoms with Gasteiger partial charge in [0.2, 0.25) is 5.91 Å². The molecule has 0 atom stereocenters. The number of rotatable bonds is 8. The van der Waals surface area contributed by atoms with Gasteiger partial charge in [-0.1, -0.05) is 36.4 Å². The number of fused-ring (bicyclic) bond motifs is 1. The van der Waals surface area contributed by atoms with E-state index < -0.39 is 0 Å². The van der Waals surface area contributed by atoms with Crippen LogP contribution in [0.15, 0.2) is 79.0 Å². The lowest BCUT2D eigenvalue weighted by molar-refractivity contribution is -0.121. The third-order valence-corrected chi connectivity index (χ3v) is 4.58. The fraction of sp³-hybridized carbons (Fsp3) is 0.174. The predicted octanol–water partition coefficient (Wildman–Crippen LogP) is 3.37. The highest BCUT2D eigenvalue weighted by Crippen LogP contribution is 2.18. The van der Waals surface area contributed by atoms with Crippen LogP contribution in [0.5, 0.6) is 5.75 Å². The van der Waals surface area contributed by atoms with Crippen molar-refractivity contribution in [3.05, 3.63) is 90.5 Å². The number of pyridine rings is 1. The molecule has 2 aromatic heterocycles. The summed E-state index contributed by atoms with van der Waals surface area (Å²) in [7, 11) is 0. The Balaban J connectivity index is 1.44. The first kappa shape index (κ1) is 18.7. The van der Waals surface area contributed by atoms with Crippen LogP contribution in [0.25, 0.3) is 11.0 Å². The lowest BCUT2D eigenvalue weighted by Gasteiger charge is -2.11. The van der Waals surface area contributed by atoms with Gasteiger partial charge in [-0.05, 0) is 36.4 Å². The monoisotopic (exact) mass is 386 g/mol. The lowest BCUT2D eigenvalue weighted by Crippen LogP contribution is -2.30. The van der Waals surface area contributed by atoms with Crippen molar-refractivity contribution >= 4 is 16.9 Å². The van der Waals surface area contributed by atoms with Gasteiger partial charge in [-0.2, -0.15) is 0 Å². The minimum Gasteiger partial charge on any atom is -0.486 e. The van der Waals surface area contributed by atoms with E-state index >= 15 is 0 Å². The molecule has 0 radical (unpaired) electrons. The molecule has 2 heterocycles. The number of benzene rings is 2. The summed E-state index contributed by atoms with van der Waals surface area (Å²) >= 11 is 0. The molecule has 0 aliphatic rings. The van der Waals surface area contributed by atoms with E-state index in [1.165, 1.54) is 0 Å². The van der Waals surface area contributed by atoms with Gasteiger partial charge in [-0.15, -0.1) is 0 Å². The molecule has 0 spiro atoms. The fourth-order valence-electron chi connectivity index (χ4n) is 3.15. The Bertz CT molecular complexity index is 1080. The molecular formula is C23H22N4O2. The number of amides is 1. The third-order valence-electron chi connectivity index (χ3n) is 4.58. The van der Waals surface area contributed by atoms with E-state index in [9.17, 15) is 4.79 Å². The molecule has 2 aromatic carbocycles. The van der Waals surface area contributed by atoms with E-state index in [1.54, 1.807) is 6.20 Å². The molecular weight excluding hydrogens is 364 g/mol. The molecule has 0 saturated carbocycles. The minimum absolute atomic E-state index is 0.0648. The number of nitrogens with zero attached hydrogens (tertiary/aromatic N) is 3. The van der Waals surface area contributed by atoms with Crippen LogP contribution in [0.3, 0.4) is 0 Å². The highest BCUT2D eigenvalue weighted by Gasteiger charge is 2.14. The lowest BCUT2D eigenvalue weighted by atomic mass is 10.3. The Hall–Kier alpha value is -3.67. The van der Waals surface area contributed by atoms with E-state index in [2.05, 4.69) is 15.3 Å². The summed E-state index contributed by atoms with van der Waals surface area (Å²) in [4.78, 5) is 21.5. The molecule has 4 rings (SSSR count). The molecule has 6 heteroatoms. The largest absolute Gasteiger partial charge is 0.486 e. The quantitative estimate of drug-likeness (QED) is 0.504. The van der Waals surface area contributed by atoms with Crippen LogP contribution in [0.4, 0.5) is 0 Å². The molecule has 0 aliphatic heterocycles. The van der Waals surface area contributed by atoms with Crippen molar-refractivity contribution in [2.75, 3.05) is 6.54 Å². The van der Waals surface area contributed by atoms with E-state index in [0.717, 1.165) is 28.3 Å². The summed E-state index contributed by atoms with van der Waals surface area (Å²) in [5, 5.41) is 2.97. The molecule has 146 valence electrons. The van der Waals surface area contributed by atoms with Crippen LogP contribution < -0.4 is 10.1 Å². The first-order valence-electron chi connectivity index (χ1n) is 9.58. The van der Waals surface area contributed by atoms with Crippen molar-refractivity contribution in [1.82, 2.24) is 19.9 Å². The second kappa shape index (κ2) is 9.01. The van der Waals surface area contributed by atoms with Gasteiger partial charge in [-0.25, -0.2) is 4.98 Å². The second-order valence-corrected chi connectivity index (χ2v) is 6.63. The average Bonchev–Trinajstić information content (AvgIpc) is 3.11. The maximum absolute atomic E-state index is 12.5. The van der Waals surface area contributed by atoms with Gasteiger partial charge in [0.15, 0.2) is 0 Å². The number of para-hydroxylation sites is 3. The molecule has 0 fully saturated rings. The maximum atomic E-state index is 12.5. The van der Waals surface area contributed by atoms with Crippen LogP contribution in [0, 0.1) is 0 Å². The minimum atomic E-state index is -0.0648. The van der Waals surface area contributed by atoms with Crippen molar-refractivity contribution in [2.24, 2.45) is 0 Å². The summed E-state index contributed by atoms with van der Waals surface area (Å²) in [6, 6.07) is 23.2. The number of carbonyl (C=O) groups is 1. The number of nitrogens with one attached hydrogen (secondary N) is 1. The SMILES string of the molecule is O=C(Cn1c(COc2ccccc2)nc2ccccc21)NCCc1ccccn1. The predicted molar refractivity (Wildman–Crippen MR) is 111 cm³/mol. The van der Waals surface area contributed by atoms with Crippen molar-refractivity contribution in [3.63, 3.8) is 0 Å². The first-order valence-corrected chi connectivity index (χ1v) is 9.58. The van der Waals surface area contributed by atoms with Crippen molar-refractivity contribution < 1.29 is 9.53 Å². The molecule has 0 unspecified atom stereocenters. The van der Waals surface area contributed by atoms with E-state index in [4.69, 9.17) is 4.74 Å². The first-order chi connectivity index (χ1) is 14.3.